The highest BCUT2D eigenvalue weighted by atomic mass is 31.2. The standard InChI is InChI=1S/C72H127N3O31P2/c1-45(2)99-42-50-34-56(37-74(50)62(84)28-16-10-7-13-22-53(80)25-19-31-97-71-47(4)65(87)68(90)59(40-77)103-71)105-108(94,95)101-44-51-35-57(38-75(51)63(85)29-17-11-8-14-23-54(81)26-20-32-98-72-48(5)66(88)69(91)60(41-78)104-72)106-107(92,93)100-43-49-33-55(82)36-73(49)61(83)27-15-9-6-12-21-52(79)24-18-30-96-70-46(3)64(86)67(89)58(39-76)102-70/h45-51,55-60,64-72,76-78,82,86-91H,6-44H2,1-5H3,(H,92,93)(H,94,95)/t46?,47?,48?,49-,50-,51-,55+,56+,57+,58?,59?,60?,64+,65+,66+,67-,68-,69-,70+,71+,72+/m0/s1. The lowest BCUT2D eigenvalue weighted by molar-refractivity contribution is -0.282. The predicted molar refractivity (Wildman–Crippen MR) is 383 cm³/mol. The number of carbonyl (C=O) groups is 6. The number of ether oxygens (including phenoxy) is 7. The van der Waals surface area contributed by atoms with Crippen molar-refractivity contribution in [2.75, 3.05) is 79.1 Å². The number of phosphoric ester groups is 2. The van der Waals surface area contributed by atoms with E-state index in [1.165, 1.54) is 9.80 Å². The summed E-state index contributed by atoms with van der Waals surface area (Å²) in [6.07, 6.45) is -5.90. The van der Waals surface area contributed by atoms with Crippen molar-refractivity contribution in [1.29, 1.82) is 0 Å². The Kier molecular flexibility index (Phi) is 41.5. The molecule has 6 aliphatic heterocycles. The quantitative estimate of drug-likeness (QED) is 0.0308. The van der Waals surface area contributed by atoms with Crippen LogP contribution in [0.1, 0.15) is 208 Å². The molecule has 34 nitrogen and oxygen atoms in total. The van der Waals surface area contributed by atoms with Gasteiger partial charge in [0.1, 0.15) is 54.0 Å². The number of Topliss-reactive ketones (excluding diaryl/α,β-unsaturated/α-hetero) is 3. The molecule has 0 radical (unpaired) electrons. The Labute approximate surface area is 634 Å². The Morgan fingerprint density at radius 1 is 0.398 bits per heavy atom. The van der Waals surface area contributed by atoms with Gasteiger partial charge in [-0.3, -0.25) is 46.9 Å². The fraction of sp³-hybridized carbons (Fsp3) is 0.917. The molecule has 12 N–H and O–H groups in total. The van der Waals surface area contributed by atoms with Crippen LogP contribution in [-0.4, -0.2) is 306 Å². The SMILES string of the molecule is CC(C)OC[C@@H]1C[C@@H](OP(=O)(O)OC[C@@H]2C[C@@H](OP(=O)(O)OC[C@@H]3C[C@@H](O)CN3C(=O)CCCCCCC(=O)CCCO[C@@H]3OC(CO)[C@H](O)[C@H](O)C3C)CN2C(=O)CCCCCCC(=O)CCCO[C@@H]2OC(CO)[C@H](O)[C@H](O)C2C)CN1C(=O)CCCCCCC(=O)CCCO[C@@H]1OC(CO)[C@H](O)[C@H](O)C1C. The molecule has 108 heavy (non-hydrogen) atoms. The van der Waals surface area contributed by atoms with E-state index in [0.717, 1.165) is 0 Å². The smallest absolute Gasteiger partial charge is 0.394 e. The number of amides is 3. The van der Waals surface area contributed by atoms with E-state index in [2.05, 4.69) is 0 Å². The summed E-state index contributed by atoms with van der Waals surface area (Å²) in [6.45, 7) is 6.38. The summed E-state index contributed by atoms with van der Waals surface area (Å²) < 4.78 is 89.8. The molecule has 0 saturated carbocycles. The van der Waals surface area contributed by atoms with E-state index >= 15 is 0 Å². The summed E-state index contributed by atoms with van der Waals surface area (Å²) >= 11 is 0. The number of unbranched alkanes of at least 4 members (excludes halogenated alkanes) is 9. The number of hydrogen-bond donors (Lipinski definition) is 12. The first kappa shape index (κ1) is 93.8. The van der Waals surface area contributed by atoms with Crippen LogP contribution in [0.2, 0.25) is 0 Å². The average Bonchev–Trinajstić information content (AvgIpc) is 1.22. The van der Waals surface area contributed by atoms with Gasteiger partial charge in [-0.2, -0.15) is 0 Å². The van der Waals surface area contributed by atoms with E-state index in [-0.39, 0.29) is 146 Å². The topological polar surface area (TPSA) is 491 Å². The monoisotopic (exact) mass is 1590 g/mol. The van der Waals surface area contributed by atoms with Crippen LogP contribution in [0.15, 0.2) is 0 Å². The Morgan fingerprint density at radius 2 is 0.685 bits per heavy atom. The highest BCUT2D eigenvalue weighted by Gasteiger charge is 2.48. The first-order valence-electron chi connectivity index (χ1n) is 39.1. The molecule has 6 aliphatic rings. The Bertz CT molecular complexity index is 2800. The van der Waals surface area contributed by atoms with Gasteiger partial charge < -0.3 is 109 Å². The highest BCUT2D eigenvalue weighted by Crippen LogP contribution is 2.50. The number of phosphoric acid groups is 2. The van der Waals surface area contributed by atoms with Gasteiger partial charge in [-0.05, 0) is 90.9 Å². The van der Waals surface area contributed by atoms with Gasteiger partial charge >= 0.3 is 15.6 Å². The lowest BCUT2D eigenvalue weighted by Crippen LogP contribution is -2.55. The number of likely N-dealkylation sites (tertiary alicyclic amines) is 3. The average molecular weight is 1590 g/mol. The molecule has 6 rings (SSSR count). The van der Waals surface area contributed by atoms with E-state index in [1.54, 1.807) is 25.7 Å². The maximum absolute atomic E-state index is 14.1. The van der Waals surface area contributed by atoms with Crippen LogP contribution in [0.5, 0.6) is 0 Å². The van der Waals surface area contributed by atoms with Crippen molar-refractivity contribution in [1.82, 2.24) is 14.7 Å². The third-order valence-electron chi connectivity index (χ3n) is 21.2. The van der Waals surface area contributed by atoms with Crippen molar-refractivity contribution in [3.63, 3.8) is 0 Å². The summed E-state index contributed by atoms with van der Waals surface area (Å²) in [5.74, 6) is -2.55. The molecular formula is C72H127N3O31P2. The Balaban J connectivity index is 0.946. The molecule has 0 aromatic carbocycles. The second-order valence-corrected chi connectivity index (χ2v) is 33.1. The Morgan fingerprint density at radius 3 is 1.00 bits per heavy atom. The van der Waals surface area contributed by atoms with Crippen LogP contribution in [0.25, 0.3) is 0 Å². The summed E-state index contributed by atoms with van der Waals surface area (Å²) in [6, 6.07) is -2.28. The van der Waals surface area contributed by atoms with Gasteiger partial charge in [-0.15, -0.1) is 0 Å². The molecule has 0 spiro atoms. The van der Waals surface area contributed by atoms with Gasteiger partial charge in [0.2, 0.25) is 17.7 Å². The number of aliphatic hydroxyl groups is 10. The molecule has 36 heteroatoms. The van der Waals surface area contributed by atoms with Gasteiger partial charge in [-0.1, -0.05) is 59.3 Å². The molecule has 0 bridgehead atoms. The fourth-order valence-electron chi connectivity index (χ4n) is 14.6. The summed E-state index contributed by atoms with van der Waals surface area (Å²) in [5, 5.41) is 100. The van der Waals surface area contributed by atoms with Gasteiger partial charge in [0.15, 0.2) is 18.9 Å². The molecule has 8 unspecified atom stereocenters. The molecule has 3 amide bonds. The summed E-state index contributed by atoms with van der Waals surface area (Å²) in [5.41, 5.74) is 0. The minimum atomic E-state index is -4.96. The minimum absolute atomic E-state index is 0.00542. The molecule has 0 aromatic heterocycles. The van der Waals surface area contributed by atoms with Gasteiger partial charge in [0, 0.05) is 95.2 Å². The molecule has 6 fully saturated rings. The first-order chi connectivity index (χ1) is 51.3. The normalized spacial score (nSPS) is 32.2. The maximum atomic E-state index is 14.1. The van der Waals surface area contributed by atoms with Crippen molar-refractivity contribution in [2.24, 2.45) is 17.8 Å². The number of nitrogens with zero attached hydrogens (tertiary/aromatic N) is 3. The lowest BCUT2D eigenvalue weighted by Gasteiger charge is -2.40. The van der Waals surface area contributed by atoms with E-state index in [9.17, 15) is 98.7 Å². The summed E-state index contributed by atoms with van der Waals surface area (Å²) in [7, 11) is -9.91. The van der Waals surface area contributed by atoms with Crippen LogP contribution in [0.3, 0.4) is 0 Å². The van der Waals surface area contributed by atoms with Crippen molar-refractivity contribution < 1.29 is 150 Å². The van der Waals surface area contributed by atoms with Crippen LogP contribution < -0.4 is 0 Å². The second kappa shape index (κ2) is 47.7. The minimum Gasteiger partial charge on any atom is -0.394 e. The fourth-order valence-corrected chi connectivity index (χ4v) is 16.5. The van der Waals surface area contributed by atoms with Crippen molar-refractivity contribution in [3.05, 3.63) is 0 Å². The molecule has 0 aromatic rings. The zero-order valence-electron chi connectivity index (χ0n) is 63.6. The molecule has 6 heterocycles. The van der Waals surface area contributed by atoms with Gasteiger partial charge in [0.25, 0.3) is 0 Å². The zero-order valence-corrected chi connectivity index (χ0v) is 65.4. The third kappa shape index (κ3) is 31.0. The van der Waals surface area contributed by atoms with Crippen molar-refractivity contribution in [3.8, 4) is 0 Å². The van der Waals surface area contributed by atoms with E-state index < -0.39 is 183 Å². The number of ketones is 3. The third-order valence-corrected chi connectivity index (χ3v) is 23.2. The molecule has 626 valence electrons. The highest BCUT2D eigenvalue weighted by molar-refractivity contribution is 7.47. The van der Waals surface area contributed by atoms with Crippen LogP contribution >= 0.6 is 15.6 Å². The van der Waals surface area contributed by atoms with E-state index in [1.807, 2.05) is 13.8 Å². The number of rotatable bonds is 52. The number of hydrogen-bond acceptors (Lipinski definition) is 29. The van der Waals surface area contributed by atoms with E-state index in [4.69, 9.17) is 51.3 Å². The number of aliphatic hydroxyl groups excluding tert-OH is 10. The first-order valence-corrected chi connectivity index (χ1v) is 42.1. The van der Waals surface area contributed by atoms with Gasteiger partial charge in [0.05, 0.1) is 120 Å². The number of β-amino-alcohol motifs (C(OH)–C–C–N with tert-alkyl or cyclic N) is 1. The Hall–Kier alpha value is -3.04. The summed E-state index contributed by atoms with van der Waals surface area (Å²) in [4.78, 5) is 106. The molecular weight excluding hydrogens is 1460 g/mol. The largest absolute Gasteiger partial charge is 0.472 e. The van der Waals surface area contributed by atoms with Crippen LogP contribution in [-0.2, 0) is 89.2 Å². The zero-order chi connectivity index (χ0) is 79.3. The second-order valence-electron chi connectivity index (χ2n) is 30.3. The lowest BCUT2D eigenvalue weighted by atomic mass is 9.92. The van der Waals surface area contributed by atoms with Crippen molar-refractivity contribution >= 4 is 50.7 Å². The van der Waals surface area contributed by atoms with Crippen LogP contribution in [0.4, 0.5) is 0 Å². The van der Waals surface area contributed by atoms with Crippen molar-refractivity contribution in [2.45, 2.75) is 324 Å². The molecule has 23 atom stereocenters. The number of carbonyl (C=O) groups excluding carboxylic acids is 6. The van der Waals surface area contributed by atoms with E-state index in [0.29, 0.717) is 109 Å². The predicted octanol–water partition coefficient (Wildman–Crippen LogP) is 2.92. The molecule has 0 aliphatic carbocycles. The molecule has 6 saturated heterocycles. The maximum Gasteiger partial charge on any atom is 0.472 e. The van der Waals surface area contributed by atoms with Crippen LogP contribution in [0, 0.1) is 17.8 Å². The van der Waals surface area contributed by atoms with Gasteiger partial charge in [-0.25, -0.2) is 9.13 Å².